The lowest BCUT2D eigenvalue weighted by molar-refractivity contribution is -0.115. The fraction of sp³-hybridized carbons (Fsp3) is 0.467. The van der Waals surface area contributed by atoms with Gasteiger partial charge >= 0.3 is 0 Å². The van der Waals surface area contributed by atoms with Crippen molar-refractivity contribution in [3.8, 4) is 17.1 Å². The highest BCUT2D eigenvalue weighted by atomic mass is 79.9. The molecule has 0 aliphatic rings. The average molecular weight is 367 g/mol. The number of aldehydes is 1. The van der Waals surface area contributed by atoms with E-state index in [1.165, 1.54) is 4.80 Å². The predicted octanol–water partition coefficient (Wildman–Crippen LogP) is 2.96. The molecule has 1 aromatic carbocycles. The second-order valence-corrected chi connectivity index (χ2v) is 6.64. The summed E-state index contributed by atoms with van der Waals surface area (Å²) in [7, 11) is 1.72. The minimum Gasteiger partial charge on any atom is -0.468 e. The molecule has 0 aliphatic carbocycles. The van der Waals surface area contributed by atoms with Crippen LogP contribution in [0.2, 0.25) is 0 Å². The van der Waals surface area contributed by atoms with Crippen LogP contribution in [0.15, 0.2) is 12.1 Å². The van der Waals surface area contributed by atoms with Crippen molar-refractivity contribution in [2.75, 3.05) is 0 Å². The van der Waals surface area contributed by atoms with Gasteiger partial charge in [0.1, 0.15) is 5.75 Å². The Morgan fingerprint density at radius 1 is 1.36 bits per heavy atom. The number of aryl methyl sites for hydroxylation is 3. The van der Waals surface area contributed by atoms with Crippen molar-refractivity contribution in [3.05, 3.63) is 23.3 Å². The molecule has 0 radical (unpaired) electrons. The predicted molar refractivity (Wildman–Crippen MR) is 87.0 cm³/mol. The number of tetrazole rings is 1. The first-order valence-electron chi connectivity index (χ1n) is 7.08. The molecule has 0 amide bonds. The van der Waals surface area contributed by atoms with Gasteiger partial charge in [-0.3, -0.25) is 4.79 Å². The van der Waals surface area contributed by atoms with E-state index in [2.05, 4.69) is 31.3 Å². The molecule has 22 heavy (non-hydrogen) atoms. The Morgan fingerprint density at radius 3 is 2.45 bits per heavy atom. The molecule has 0 saturated heterocycles. The summed E-state index contributed by atoms with van der Waals surface area (Å²) in [5.74, 6) is 1.26. The third kappa shape index (κ3) is 3.52. The first-order chi connectivity index (χ1) is 10.4. The van der Waals surface area contributed by atoms with Crippen molar-refractivity contribution in [3.63, 3.8) is 0 Å². The highest BCUT2D eigenvalue weighted by molar-refractivity contribution is 9.10. The topological polar surface area (TPSA) is 69.9 Å². The van der Waals surface area contributed by atoms with Crippen LogP contribution >= 0.6 is 15.9 Å². The SMILES string of the molecule is CCCC(Br)(C=O)Oc1c(C)cc(-c2nnn(C)n2)cc1C. The van der Waals surface area contributed by atoms with Crippen LogP contribution in [0.5, 0.6) is 5.75 Å². The highest BCUT2D eigenvalue weighted by Crippen LogP contribution is 2.34. The van der Waals surface area contributed by atoms with Gasteiger partial charge in [0, 0.05) is 12.0 Å². The third-order valence-electron chi connectivity index (χ3n) is 3.27. The number of carbonyl (C=O) groups excluding carboxylic acids is 1. The zero-order chi connectivity index (χ0) is 16.3. The normalized spacial score (nSPS) is 13.7. The van der Waals surface area contributed by atoms with Gasteiger partial charge in [0.15, 0.2) is 6.29 Å². The lowest BCUT2D eigenvalue weighted by Gasteiger charge is -2.25. The fourth-order valence-corrected chi connectivity index (χ4v) is 2.84. The number of benzene rings is 1. The summed E-state index contributed by atoms with van der Waals surface area (Å²) < 4.78 is 4.95. The van der Waals surface area contributed by atoms with Gasteiger partial charge in [0.25, 0.3) is 0 Å². The van der Waals surface area contributed by atoms with Crippen molar-refractivity contribution in [2.45, 2.75) is 38.1 Å². The van der Waals surface area contributed by atoms with E-state index in [0.29, 0.717) is 18.0 Å². The van der Waals surface area contributed by atoms with E-state index < -0.39 is 4.51 Å². The molecule has 2 rings (SSSR count). The Bertz CT molecular complexity index is 663. The third-order valence-corrected chi connectivity index (χ3v) is 4.01. The van der Waals surface area contributed by atoms with Gasteiger partial charge in [-0.05, 0) is 58.3 Å². The van der Waals surface area contributed by atoms with Crippen LogP contribution in [0.25, 0.3) is 11.4 Å². The van der Waals surface area contributed by atoms with E-state index in [-0.39, 0.29) is 0 Å². The molecule has 1 unspecified atom stereocenters. The lowest BCUT2D eigenvalue weighted by Crippen LogP contribution is -2.30. The molecule has 0 bridgehead atoms. The Kier molecular flexibility index (Phi) is 4.95. The lowest BCUT2D eigenvalue weighted by atomic mass is 10.0. The number of nitrogens with zero attached hydrogens (tertiary/aromatic N) is 4. The minimum absolute atomic E-state index is 0.564. The summed E-state index contributed by atoms with van der Waals surface area (Å²) >= 11 is 3.39. The molecule has 0 spiro atoms. The van der Waals surface area contributed by atoms with E-state index in [9.17, 15) is 4.79 Å². The highest BCUT2D eigenvalue weighted by Gasteiger charge is 2.28. The summed E-state index contributed by atoms with van der Waals surface area (Å²) in [5, 5.41) is 12.1. The van der Waals surface area contributed by atoms with Crippen molar-refractivity contribution in [1.82, 2.24) is 20.2 Å². The number of alkyl halides is 1. The van der Waals surface area contributed by atoms with E-state index in [0.717, 1.165) is 29.4 Å². The maximum atomic E-state index is 11.3. The van der Waals surface area contributed by atoms with Crippen LogP contribution in [-0.2, 0) is 11.8 Å². The van der Waals surface area contributed by atoms with Gasteiger partial charge in [-0.2, -0.15) is 4.80 Å². The molecule has 7 heteroatoms. The number of hydrogen-bond donors (Lipinski definition) is 0. The van der Waals surface area contributed by atoms with E-state index in [1.807, 2.05) is 32.9 Å². The summed E-state index contributed by atoms with van der Waals surface area (Å²) in [5.41, 5.74) is 2.71. The second kappa shape index (κ2) is 6.56. The number of aromatic nitrogens is 4. The van der Waals surface area contributed by atoms with Crippen LogP contribution in [0.4, 0.5) is 0 Å². The van der Waals surface area contributed by atoms with E-state index in [4.69, 9.17) is 4.74 Å². The summed E-state index contributed by atoms with van der Waals surface area (Å²) in [4.78, 5) is 12.8. The zero-order valence-electron chi connectivity index (χ0n) is 13.1. The van der Waals surface area contributed by atoms with Crippen LogP contribution in [0.3, 0.4) is 0 Å². The Hall–Kier alpha value is -1.76. The first kappa shape index (κ1) is 16.6. The Balaban J connectivity index is 2.37. The van der Waals surface area contributed by atoms with Crippen LogP contribution < -0.4 is 4.74 Å². The Labute approximate surface area is 138 Å². The Morgan fingerprint density at radius 2 is 2.00 bits per heavy atom. The van der Waals surface area contributed by atoms with Crippen molar-refractivity contribution < 1.29 is 9.53 Å². The molecule has 2 aromatic rings. The molecule has 1 heterocycles. The molecule has 0 fully saturated rings. The number of carbonyl (C=O) groups is 1. The van der Waals surface area contributed by atoms with Crippen molar-refractivity contribution in [2.24, 2.45) is 7.05 Å². The molecule has 0 saturated carbocycles. The van der Waals surface area contributed by atoms with Crippen LogP contribution in [-0.4, -0.2) is 31.0 Å². The van der Waals surface area contributed by atoms with Gasteiger partial charge in [-0.1, -0.05) is 13.3 Å². The number of halogens is 1. The molecular weight excluding hydrogens is 348 g/mol. The molecule has 1 atom stereocenters. The quantitative estimate of drug-likeness (QED) is 0.580. The van der Waals surface area contributed by atoms with Crippen LogP contribution in [0.1, 0.15) is 30.9 Å². The maximum Gasteiger partial charge on any atom is 0.218 e. The smallest absolute Gasteiger partial charge is 0.218 e. The first-order valence-corrected chi connectivity index (χ1v) is 7.87. The zero-order valence-corrected chi connectivity index (χ0v) is 14.7. The summed E-state index contributed by atoms with van der Waals surface area (Å²) in [6.07, 6.45) is 2.24. The number of ether oxygens (including phenoxy) is 1. The van der Waals surface area contributed by atoms with Gasteiger partial charge in [-0.15, -0.1) is 10.2 Å². The summed E-state index contributed by atoms with van der Waals surface area (Å²) in [6, 6.07) is 3.87. The van der Waals surface area contributed by atoms with Crippen molar-refractivity contribution in [1.29, 1.82) is 0 Å². The molecule has 0 N–H and O–H groups in total. The standard InChI is InChI=1S/C15H19BrN4O2/c1-5-6-15(16,9-21)22-13-10(2)7-12(8-11(13)3)14-17-19-20(4)18-14/h7-9H,5-6H2,1-4H3. The molecule has 118 valence electrons. The molecule has 0 aliphatic heterocycles. The molecular formula is C15H19BrN4O2. The number of hydrogen-bond acceptors (Lipinski definition) is 5. The number of rotatable bonds is 6. The van der Waals surface area contributed by atoms with Gasteiger partial charge < -0.3 is 4.74 Å². The van der Waals surface area contributed by atoms with Crippen molar-refractivity contribution >= 4 is 22.2 Å². The fourth-order valence-electron chi connectivity index (χ4n) is 2.28. The largest absolute Gasteiger partial charge is 0.468 e. The molecule has 6 nitrogen and oxygen atoms in total. The van der Waals surface area contributed by atoms with E-state index >= 15 is 0 Å². The average Bonchev–Trinajstić information content (AvgIpc) is 2.90. The monoisotopic (exact) mass is 366 g/mol. The maximum absolute atomic E-state index is 11.3. The van der Waals surface area contributed by atoms with Crippen LogP contribution in [0, 0.1) is 13.8 Å². The second-order valence-electron chi connectivity index (χ2n) is 5.30. The molecule has 1 aromatic heterocycles. The summed E-state index contributed by atoms with van der Waals surface area (Å²) in [6.45, 7) is 5.88. The van der Waals surface area contributed by atoms with Gasteiger partial charge in [0.2, 0.25) is 10.3 Å². The van der Waals surface area contributed by atoms with E-state index in [1.54, 1.807) is 7.05 Å². The van der Waals surface area contributed by atoms with Gasteiger partial charge in [-0.25, -0.2) is 0 Å². The minimum atomic E-state index is -0.983. The van der Waals surface area contributed by atoms with Gasteiger partial charge in [0.05, 0.1) is 7.05 Å².